The lowest BCUT2D eigenvalue weighted by Gasteiger charge is -2.11. The van der Waals surface area contributed by atoms with Crippen molar-refractivity contribution in [3.05, 3.63) is 85.2 Å². The van der Waals surface area contributed by atoms with Gasteiger partial charge < -0.3 is 20.4 Å². The third kappa shape index (κ3) is 4.02. The second-order valence-corrected chi connectivity index (χ2v) is 6.89. The number of aromatic nitrogens is 4. The van der Waals surface area contributed by atoms with Crippen LogP contribution >= 0.6 is 0 Å². The zero-order chi connectivity index (χ0) is 21.0. The second-order valence-electron chi connectivity index (χ2n) is 6.89. The summed E-state index contributed by atoms with van der Waals surface area (Å²) in [5, 5.41) is 6.34. The minimum atomic E-state index is 0.536. The number of H-pyrrole nitrogens is 1. The SMILES string of the molecule is CNc1cc(-c2cccnc2Oc2ccc(Nc3nc4ccccc4[nH]3)cc2)ccn1. The fourth-order valence-electron chi connectivity index (χ4n) is 3.29. The lowest BCUT2D eigenvalue weighted by atomic mass is 10.1. The fraction of sp³-hybridized carbons (Fsp3) is 0.0417. The number of ether oxygens (including phenoxy) is 1. The summed E-state index contributed by atoms with van der Waals surface area (Å²) in [6.45, 7) is 0. The minimum absolute atomic E-state index is 0.536. The Bertz CT molecular complexity index is 1300. The molecule has 0 aliphatic carbocycles. The van der Waals surface area contributed by atoms with Crippen LogP contribution in [0.25, 0.3) is 22.2 Å². The van der Waals surface area contributed by atoms with E-state index in [9.17, 15) is 0 Å². The van der Waals surface area contributed by atoms with Crippen LogP contribution in [-0.2, 0) is 0 Å². The third-order valence-electron chi connectivity index (χ3n) is 4.82. The van der Waals surface area contributed by atoms with E-state index in [0.29, 0.717) is 17.6 Å². The van der Waals surface area contributed by atoms with E-state index in [2.05, 4.69) is 30.6 Å². The zero-order valence-corrected chi connectivity index (χ0v) is 16.8. The maximum Gasteiger partial charge on any atom is 0.227 e. The molecule has 0 amide bonds. The van der Waals surface area contributed by atoms with Crippen LogP contribution in [0.4, 0.5) is 17.5 Å². The number of benzene rings is 2. The highest BCUT2D eigenvalue weighted by Gasteiger charge is 2.10. The molecule has 3 heterocycles. The topological polar surface area (TPSA) is 87.8 Å². The number of nitrogens with one attached hydrogen (secondary N) is 3. The predicted octanol–water partition coefficient (Wildman–Crippen LogP) is 5.60. The van der Waals surface area contributed by atoms with E-state index >= 15 is 0 Å². The number of nitrogens with zero attached hydrogens (tertiary/aromatic N) is 3. The van der Waals surface area contributed by atoms with Crippen LogP contribution in [0.15, 0.2) is 85.2 Å². The summed E-state index contributed by atoms with van der Waals surface area (Å²) in [7, 11) is 1.84. The summed E-state index contributed by atoms with van der Waals surface area (Å²) < 4.78 is 6.09. The van der Waals surface area contributed by atoms with Crippen molar-refractivity contribution in [3.8, 4) is 22.8 Å². The highest BCUT2D eigenvalue weighted by molar-refractivity contribution is 5.78. The molecule has 152 valence electrons. The number of para-hydroxylation sites is 2. The lowest BCUT2D eigenvalue weighted by molar-refractivity contribution is 0.465. The van der Waals surface area contributed by atoms with Gasteiger partial charge in [0.25, 0.3) is 0 Å². The van der Waals surface area contributed by atoms with Crippen molar-refractivity contribution in [1.29, 1.82) is 0 Å². The number of rotatable bonds is 6. The van der Waals surface area contributed by atoms with E-state index in [1.165, 1.54) is 0 Å². The Balaban J connectivity index is 1.35. The lowest BCUT2D eigenvalue weighted by Crippen LogP contribution is -1.95. The second kappa shape index (κ2) is 8.16. The molecular weight excluding hydrogens is 388 g/mol. The summed E-state index contributed by atoms with van der Waals surface area (Å²) in [5.74, 6) is 2.71. The molecule has 0 aliphatic rings. The maximum atomic E-state index is 6.09. The van der Waals surface area contributed by atoms with E-state index in [1.54, 1.807) is 12.4 Å². The van der Waals surface area contributed by atoms with Crippen LogP contribution in [0, 0.1) is 0 Å². The molecule has 0 unspecified atom stereocenters. The fourth-order valence-corrected chi connectivity index (χ4v) is 3.29. The number of aromatic amines is 1. The van der Waals surface area contributed by atoms with Gasteiger partial charge in [0.1, 0.15) is 11.6 Å². The van der Waals surface area contributed by atoms with Gasteiger partial charge in [-0.2, -0.15) is 0 Å². The maximum absolute atomic E-state index is 6.09. The Hall–Kier alpha value is -4.39. The molecule has 7 heteroatoms. The van der Waals surface area contributed by atoms with E-state index < -0.39 is 0 Å². The number of hydrogen-bond donors (Lipinski definition) is 3. The Labute approximate surface area is 179 Å². The van der Waals surface area contributed by atoms with Crippen LogP contribution in [0.5, 0.6) is 11.6 Å². The van der Waals surface area contributed by atoms with Gasteiger partial charge in [-0.15, -0.1) is 0 Å². The molecule has 31 heavy (non-hydrogen) atoms. The van der Waals surface area contributed by atoms with Crippen molar-refractivity contribution in [3.63, 3.8) is 0 Å². The van der Waals surface area contributed by atoms with Gasteiger partial charge in [-0.25, -0.2) is 15.0 Å². The first-order valence-electron chi connectivity index (χ1n) is 9.87. The van der Waals surface area contributed by atoms with Gasteiger partial charge in [0.2, 0.25) is 11.8 Å². The monoisotopic (exact) mass is 408 g/mol. The molecule has 0 bridgehead atoms. The van der Waals surface area contributed by atoms with Crippen LogP contribution < -0.4 is 15.4 Å². The van der Waals surface area contributed by atoms with Crippen molar-refractivity contribution in [2.45, 2.75) is 0 Å². The van der Waals surface area contributed by atoms with Crippen LogP contribution in [0.3, 0.4) is 0 Å². The number of fused-ring (bicyclic) bond motifs is 1. The van der Waals surface area contributed by atoms with Gasteiger partial charge in [0.15, 0.2) is 0 Å². The molecule has 7 nitrogen and oxygen atoms in total. The average Bonchev–Trinajstić information content (AvgIpc) is 3.23. The molecule has 0 atom stereocenters. The van der Waals surface area contributed by atoms with Gasteiger partial charge in [0, 0.05) is 30.7 Å². The predicted molar refractivity (Wildman–Crippen MR) is 123 cm³/mol. The molecular formula is C24H20N6O. The van der Waals surface area contributed by atoms with Crippen LogP contribution in [-0.4, -0.2) is 27.0 Å². The first kappa shape index (κ1) is 18.6. The number of hydrogen-bond acceptors (Lipinski definition) is 6. The summed E-state index contributed by atoms with van der Waals surface area (Å²) in [6, 6.07) is 23.4. The standard InChI is InChI=1S/C24H20N6O/c1-25-22-15-16(12-14-26-22)19-5-4-13-27-23(19)31-18-10-8-17(9-11-18)28-24-29-20-6-2-3-7-21(20)30-24/h2-15H,1H3,(H,25,26)(H2,28,29,30). The molecule has 0 radical (unpaired) electrons. The molecule has 0 aliphatic heterocycles. The number of anilines is 3. The summed E-state index contributed by atoms with van der Waals surface area (Å²) >= 11 is 0. The average molecular weight is 408 g/mol. The van der Waals surface area contributed by atoms with Gasteiger partial charge in [-0.05, 0) is 66.2 Å². The van der Waals surface area contributed by atoms with Gasteiger partial charge in [0.05, 0.1) is 11.0 Å². The van der Waals surface area contributed by atoms with Crippen molar-refractivity contribution >= 4 is 28.5 Å². The molecule has 5 rings (SSSR count). The molecule has 0 saturated carbocycles. The van der Waals surface area contributed by atoms with Crippen molar-refractivity contribution in [2.24, 2.45) is 0 Å². The molecule has 5 aromatic rings. The summed E-state index contributed by atoms with van der Waals surface area (Å²) in [4.78, 5) is 16.5. The summed E-state index contributed by atoms with van der Waals surface area (Å²) in [5.41, 5.74) is 4.69. The van der Waals surface area contributed by atoms with Gasteiger partial charge in [-0.3, -0.25) is 0 Å². The smallest absolute Gasteiger partial charge is 0.227 e. The zero-order valence-electron chi connectivity index (χ0n) is 16.8. The van der Waals surface area contributed by atoms with Gasteiger partial charge >= 0.3 is 0 Å². The third-order valence-corrected chi connectivity index (χ3v) is 4.82. The molecule has 3 aromatic heterocycles. The number of pyridine rings is 2. The van der Waals surface area contributed by atoms with Crippen LogP contribution in [0.2, 0.25) is 0 Å². The quantitative estimate of drug-likeness (QED) is 0.339. The van der Waals surface area contributed by atoms with Crippen molar-refractivity contribution in [1.82, 2.24) is 19.9 Å². The largest absolute Gasteiger partial charge is 0.438 e. The molecule has 3 N–H and O–H groups in total. The van der Waals surface area contributed by atoms with Gasteiger partial charge in [-0.1, -0.05) is 12.1 Å². The Morgan fingerprint density at radius 2 is 1.74 bits per heavy atom. The Morgan fingerprint density at radius 3 is 2.58 bits per heavy atom. The normalized spacial score (nSPS) is 10.7. The van der Waals surface area contributed by atoms with E-state index in [4.69, 9.17) is 4.74 Å². The van der Waals surface area contributed by atoms with E-state index in [0.717, 1.165) is 33.7 Å². The Morgan fingerprint density at radius 1 is 0.871 bits per heavy atom. The highest BCUT2D eigenvalue weighted by atomic mass is 16.5. The molecule has 0 fully saturated rings. The first-order valence-corrected chi connectivity index (χ1v) is 9.87. The van der Waals surface area contributed by atoms with Crippen LogP contribution in [0.1, 0.15) is 0 Å². The van der Waals surface area contributed by atoms with E-state index in [1.807, 2.05) is 79.8 Å². The molecule has 2 aromatic carbocycles. The molecule has 0 spiro atoms. The van der Waals surface area contributed by atoms with E-state index in [-0.39, 0.29) is 0 Å². The van der Waals surface area contributed by atoms with Crippen molar-refractivity contribution in [2.75, 3.05) is 17.7 Å². The first-order chi connectivity index (χ1) is 15.3. The van der Waals surface area contributed by atoms with Crippen molar-refractivity contribution < 1.29 is 4.74 Å². The molecule has 0 saturated heterocycles. The highest BCUT2D eigenvalue weighted by Crippen LogP contribution is 2.32. The minimum Gasteiger partial charge on any atom is -0.438 e. The summed E-state index contributed by atoms with van der Waals surface area (Å²) in [6.07, 6.45) is 3.48. The number of imidazole rings is 1. The Kier molecular flexibility index (Phi) is 4.90.